The molecule has 1 aromatic rings. The number of aromatic nitrogens is 1. The molecule has 0 aliphatic carbocycles. The molecule has 0 spiro atoms. The molecule has 1 fully saturated rings. The van der Waals surface area contributed by atoms with Crippen LogP contribution >= 0.6 is 23.2 Å². The molecule has 0 radical (unpaired) electrons. The van der Waals surface area contributed by atoms with E-state index < -0.39 is 0 Å². The molecule has 0 amide bonds. The van der Waals surface area contributed by atoms with Gasteiger partial charge in [0, 0.05) is 19.3 Å². The summed E-state index contributed by atoms with van der Waals surface area (Å²) in [5, 5.41) is 0.901. The molecule has 1 saturated heterocycles. The van der Waals surface area contributed by atoms with Crippen molar-refractivity contribution in [3.05, 3.63) is 23.4 Å². The number of rotatable bonds is 1. The monoisotopic (exact) mass is 230 g/mol. The lowest BCUT2D eigenvalue weighted by Gasteiger charge is -2.17. The first kappa shape index (κ1) is 10.1. The summed E-state index contributed by atoms with van der Waals surface area (Å²) in [5.41, 5.74) is 0. The average molecular weight is 231 g/mol. The Labute approximate surface area is 93.8 Å². The van der Waals surface area contributed by atoms with Crippen molar-refractivity contribution in [1.29, 1.82) is 0 Å². The molecular weight excluding hydrogens is 219 g/mol. The zero-order valence-electron chi connectivity index (χ0n) is 7.95. The molecule has 1 aliphatic rings. The molecule has 2 atom stereocenters. The Balaban J connectivity index is 2.21. The van der Waals surface area contributed by atoms with E-state index in [0.717, 1.165) is 18.9 Å². The van der Waals surface area contributed by atoms with Gasteiger partial charge >= 0.3 is 0 Å². The largest absolute Gasteiger partial charge is 0.354 e. The van der Waals surface area contributed by atoms with Crippen LogP contribution in [0.25, 0.3) is 0 Å². The van der Waals surface area contributed by atoms with Crippen LogP contribution in [0.5, 0.6) is 0 Å². The van der Waals surface area contributed by atoms with Gasteiger partial charge in [-0.25, -0.2) is 4.98 Å². The molecule has 1 aliphatic heterocycles. The number of halogens is 2. The number of alkyl halides is 1. The van der Waals surface area contributed by atoms with Gasteiger partial charge < -0.3 is 4.90 Å². The summed E-state index contributed by atoms with van der Waals surface area (Å²) < 4.78 is 0. The van der Waals surface area contributed by atoms with E-state index in [1.807, 2.05) is 12.1 Å². The van der Waals surface area contributed by atoms with Crippen LogP contribution < -0.4 is 4.90 Å². The highest BCUT2D eigenvalue weighted by Gasteiger charge is 2.29. The summed E-state index contributed by atoms with van der Waals surface area (Å²) in [6.45, 7) is 3.92. The van der Waals surface area contributed by atoms with Crippen LogP contribution in [0.15, 0.2) is 18.3 Å². The fourth-order valence-corrected chi connectivity index (χ4v) is 2.20. The molecule has 0 saturated carbocycles. The third-order valence-electron chi connectivity index (χ3n) is 2.56. The normalized spacial score (nSPS) is 26.9. The van der Waals surface area contributed by atoms with E-state index in [1.165, 1.54) is 0 Å². The van der Waals surface area contributed by atoms with E-state index in [2.05, 4.69) is 16.8 Å². The first-order chi connectivity index (χ1) is 6.68. The highest BCUT2D eigenvalue weighted by atomic mass is 35.5. The second kappa shape index (κ2) is 3.95. The number of hydrogen-bond donors (Lipinski definition) is 0. The molecule has 14 heavy (non-hydrogen) atoms. The van der Waals surface area contributed by atoms with Crippen LogP contribution in [0.4, 0.5) is 5.82 Å². The van der Waals surface area contributed by atoms with Gasteiger partial charge in [0.1, 0.15) is 5.82 Å². The quantitative estimate of drug-likeness (QED) is 0.691. The van der Waals surface area contributed by atoms with Crippen molar-refractivity contribution < 1.29 is 0 Å². The maximum absolute atomic E-state index is 6.15. The molecule has 2 heterocycles. The molecule has 0 N–H and O–H groups in total. The fourth-order valence-electron chi connectivity index (χ4n) is 1.71. The summed E-state index contributed by atoms with van der Waals surface area (Å²) in [6, 6.07) is 3.69. The van der Waals surface area contributed by atoms with Gasteiger partial charge in [-0.2, -0.15) is 0 Å². The van der Waals surface area contributed by atoms with Crippen molar-refractivity contribution in [3.63, 3.8) is 0 Å². The SMILES string of the molecule is CC1CN(c2ncccc2Cl)CC1Cl. The van der Waals surface area contributed by atoms with Crippen molar-refractivity contribution in [2.75, 3.05) is 18.0 Å². The minimum Gasteiger partial charge on any atom is -0.354 e. The van der Waals surface area contributed by atoms with Crippen LogP contribution in [0.3, 0.4) is 0 Å². The Morgan fingerprint density at radius 2 is 2.29 bits per heavy atom. The molecule has 2 unspecified atom stereocenters. The summed E-state index contributed by atoms with van der Waals surface area (Å²) >= 11 is 12.2. The number of nitrogens with zero attached hydrogens (tertiary/aromatic N) is 2. The Morgan fingerprint density at radius 3 is 2.86 bits per heavy atom. The van der Waals surface area contributed by atoms with Gasteiger partial charge in [0.25, 0.3) is 0 Å². The smallest absolute Gasteiger partial charge is 0.147 e. The van der Waals surface area contributed by atoms with Crippen LogP contribution in [0, 0.1) is 5.92 Å². The van der Waals surface area contributed by atoms with Crippen LogP contribution in [-0.2, 0) is 0 Å². The molecule has 2 rings (SSSR count). The van der Waals surface area contributed by atoms with Crippen molar-refractivity contribution >= 4 is 29.0 Å². The molecule has 0 aromatic carbocycles. The topological polar surface area (TPSA) is 16.1 Å². The van der Waals surface area contributed by atoms with Gasteiger partial charge in [-0.3, -0.25) is 0 Å². The van der Waals surface area contributed by atoms with Gasteiger partial charge in [-0.05, 0) is 18.1 Å². The predicted molar refractivity (Wildman–Crippen MR) is 60.3 cm³/mol. The average Bonchev–Trinajstić information content (AvgIpc) is 2.48. The third-order valence-corrected chi connectivity index (χ3v) is 3.42. The van der Waals surface area contributed by atoms with E-state index in [4.69, 9.17) is 23.2 Å². The predicted octanol–water partition coefficient (Wildman–Crippen LogP) is 2.80. The van der Waals surface area contributed by atoms with Gasteiger partial charge in [-0.15, -0.1) is 11.6 Å². The van der Waals surface area contributed by atoms with Crippen molar-refractivity contribution in [1.82, 2.24) is 4.98 Å². The second-order valence-electron chi connectivity index (χ2n) is 3.71. The van der Waals surface area contributed by atoms with E-state index in [9.17, 15) is 0 Å². The molecule has 76 valence electrons. The van der Waals surface area contributed by atoms with Crippen LogP contribution in [0.1, 0.15) is 6.92 Å². The first-order valence-electron chi connectivity index (χ1n) is 4.68. The zero-order chi connectivity index (χ0) is 10.1. The highest BCUT2D eigenvalue weighted by Crippen LogP contribution is 2.29. The summed E-state index contributed by atoms with van der Waals surface area (Å²) in [5.74, 6) is 1.35. The van der Waals surface area contributed by atoms with Gasteiger partial charge in [0.2, 0.25) is 0 Å². The van der Waals surface area contributed by atoms with Gasteiger partial charge in [0.05, 0.1) is 10.4 Å². The third kappa shape index (κ3) is 1.82. The second-order valence-corrected chi connectivity index (χ2v) is 4.67. The zero-order valence-corrected chi connectivity index (χ0v) is 9.46. The Hall–Kier alpha value is -0.470. The van der Waals surface area contributed by atoms with Crippen molar-refractivity contribution in [2.24, 2.45) is 5.92 Å². The maximum Gasteiger partial charge on any atom is 0.147 e. The fraction of sp³-hybridized carbons (Fsp3) is 0.500. The minimum atomic E-state index is 0.202. The molecular formula is C10H12Cl2N2. The lowest BCUT2D eigenvalue weighted by atomic mass is 10.2. The summed E-state index contributed by atoms with van der Waals surface area (Å²) in [7, 11) is 0. The number of hydrogen-bond acceptors (Lipinski definition) is 2. The standard InChI is InChI=1S/C10H12Cl2N2/c1-7-5-14(6-9(7)12)10-8(11)3-2-4-13-10/h2-4,7,9H,5-6H2,1H3. The van der Waals surface area contributed by atoms with Gasteiger partial charge in [0.15, 0.2) is 0 Å². The van der Waals surface area contributed by atoms with Gasteiger partial charge in [-0.1, -0.05) is 18.5 Å². The number of anilines is 1. The number of pyridine rings is 1. The van der Waals surface area contributed by atoms with E-state index in [-0.39, 0.29) is 5.38 Å². The lowest BCUT2D eigenvalue weighted by molar-refractivity contribution is 0.666. The van der Waals surface area contributed by atoms with Crippen LogP contribution in [-0.4, -0.2) is 23.5 Å². The molecule has 0 bridgehead atoms. The van der Waals surface area contributed by atoms with E-state index in [0.29, 0.717) is 10.9 Å². The maximum atomic E-state index is 6.15. The molecule has 2 nitrogen and oxygen atoms in total. The minimum absolute atomic E-state index is 0.202. The van der Waals surface area contributed by atoms with E-state index in [1.54, 1.807) is 6.20 Å². The Kier molecular flexibility index (Phi) is 2.84. The molecule has 4 heteroatoms. The lowest BCUT2D eigenvalue weighted by Crippen LogP contribution is -2.21. The highest BCUT2D eigenvalue weighted by molar-refractivity contribution is 6.33. The Morgan fingerprint density at radius 1 is 1.50 bits per heavy atom. The van der Waals surface area contributed by atoms with E-state index >= 15 is 0 Å². The Bertz CT molecular complexity index is 320. The summed E-state index contributed by atoms with van der Waals surface area (Å²) in [6.07, 6.45) is 1.76. The molecule has 1 aromatic heterocycles. The van der Waals surface area contributed by atoms with Crippen molar-refractivity contribution in [2.45, 2.75) is 12.3 Å². The first-order valence-corrected chi connectivity index (χ1v) is 5.49. The summed E-state index contributed by atoms with van der Waals surface area (Å²) in [4.78, 5) is 6.41. The van der Waals surface area contributed by atoms with Crippen LogP contribution in [0.2, 0.25) is 5.02 Å². The van der Waals surface area contributed by atoms with Crippen molar-refractivity contribution in [3.8, 4) is 0 Å².